The molecule has 0 heterocycles. The van der Waals surface area contributed by atoms with E-state index in [1.807, 2.05) is 0 Å². The van der Waals surface area contributed by atoms with Gasteiger partial charge in [0, 0.05) is 6.04 Å². The van der Waals surface area contributed by atoms with Crippen molar-refractivity contribution in [2.75, 3.05) is 6.54 Å². The van der Waals surface area contributed by atoms with Gasteiger partial charge in [0.05, 0.1) is 5.56 Å². The van der Waals surface area contributed by atoms with Gasteiger partial charge < -0.3 is 10.0 Å². The van der Waals surface area contributed by atoms with E-state index < -0.39 is 24.2 Å². The highest BCUT2D eigenvalue weighted by molar-refractivity contribution is 5.96. The molecule has 0 bridgehead atoms. The summed E-state index contributed by atoms with van der Waals surface area (Å²) in [4.78, 5) is 24.0. The first-order valence-electron chi connectivity index (χ1n) is 5.62. The van der Waals surface area contributed by atoms with Crippen LogP contribution >= 0.6 is 0 Å². The van der Waals surface area contributed by atoms with Crippen LogP contribution in [0.15, 0.2) is 18.2 Å². The summed E-state index contributed by atoms with van der Waals surface area (Å²) in [5.74, 6) is -2.32. The zero-order valence-electron chi connectivity index (χ0n) is 10.6. The smallest absolute Gasteiger partial charge is 0.323 e. The molecule has 1 N–H and O–H groups in total. The number of halogens is 1. The fourth-order valence-corrected chi connectivity index (χ4v) is 1.60. The summed E-state index contributed by atoms with van der Waals surface area (Å²) in [6, 6.07) is 4.18. The molecular weight excluding hydrogens is 237 g/mol. The van der Waals surface area contributed by atoms with Crippen molar-refractivity contribution in [2.45, 2.75) is 26.8 Å². The summed E-state index contributed by atoms with van der Waals surface area (Å²) < 4.78 is 13.8. The molecule has 0 radical (unpaired) electrons. The van der Waals surface area contributed by atoms with E-state index in [-0.39, 0.29) is 11.6 Å². The van der Waals surface area contributed by atoms with E-state index in [0.29, 0.717) is 5.56 Å². The van der Waals surface area contributed by atoms with E-state index in [2.05, 4.69) is 0 Å². The topological polar surface area (TPSA) is 57.6 Å². The maximum Gasteiger partial charge on any atom is 0.323 e. The van der Waals surface area contributed by atoms with Gasteiger partial charge in [-0.1, -0.05) is 12.1 Å². The van der Waals surface area contributed by atoms with Crippen LogP contribution in [0.2, 0.25) is 0 Å². The average molecular weight is 253 g/mol. The Bertz CT molecular complexity index is 471. The number of rotatable bonds is 4. The third-order valence-corrected chi connectivity index (χ3v) is 2.61. The highest BCUT2D eigenvalue weighted by Crippen LogP contribution is 2.15. The lowest BCUT2D eigenvalue weighted by atomic mass is 10.1. The minimum atomic E-state index is -1.12. The van der Waals surface area contributed by atoms with E-state index in [4.69, 9.17) is 5.11 Å². The highest BCUT2D eigenvalue weighted by atomic mass is 19.1. The van der Waals surface area contributed by atoms with Crippen LogP contribution < -0.4 is 0 Å². The minimum absolute atomic E-state index is 0.0926. The first kappa shape index (κ1) is 14.2. The second-order valence-electron chi connectivity index (χ2n) is 4.36. The summed E-state index contributed by atoms with van der Waals surface area (Å²) in [5, 5.41) is 8.76. The number of aliphatic carboxylic acids is 1. The van der Waals surface area contributed by atoms with Crippen molar-refractivity contribution < 1.29 is 19.1 Å². The molecule has 1 aromatic carbocycles. The summed E-state index contributed by atoms with van der Waals surface area (Å²) in [5.41, 5.74) is 0.268. The zero-order valence-corrected chi connectivity index (χ0v) is 10.6. The van der Waals surface area contributed by atoms with E-state index in [1.165, 1.54) is 6.07 Å². The lowest BCUT2D eigenvalue weighted by Gasteiger charge is -2.25. The molecule has 98 valence electrons. The number of hydrogen-bond donors (Lipinski definition) is 1. The van der Waals surface area contributed by atoms with Crippen molar-refractivity contribution in [2.24, 2.45) is 0 Å². The number of benzene rings is 1. The van der Waals surface area contributed by atoms with Crippen LogP contribution in [0.4, 0.5) is 4.39 Å². The van der Waals surface area contributed by atoms with E-state index in [1.54, 1.807) is 32.9 Å². The van der Waals surface area contributed by atoms with Crippen molar-refractivity contribution in [1.82, 2.24) is 4.90 Å². The van der Waals surface area contributed by atoms with E-state index >= 15 is 0 Å². The Morgan fingerprint density at radius 1 is 1.39 bits per heavy atom. The van der Waals surface area contributed by atoms with Crippen LogP contribution in [0.25, 0.3) is 0 Å². The Morgan fingerprint density at radius 2 is 2.00 bits per heavy atom. The number of carbonyl (C=O) groups excluding carboxylic acids is 1. The van der Waals surface area contributed by atoms with Crippen molar-refractivity contribution in [3.63, 3.8) is 0 Å². The molecule has 0 fully saturated rings. The molecule has 0 aromatic heterocycles. The quantitative estimate of drug-likeness (QED) is 0.893. The normalized spacial score (nSPS) is 10.5. The predicted octanol–water partition coefficient (Wildman–Crippen LogP) is 2.07. The largest absolute Gasteiger partial charge is 0.480 e. The molecule has 0 aliphatic heterocycles. The molecule has 0 spiro atoms. The second kappa shape index (κ2) is 5.62. The van der Waals surface area contributed by atoms with Crippen LogP contribution in [0, 0.1) is 12.7 Å². The van der Waals surface area contributed by atoms with Gasteiger partial charge in [-0.25, -0.2) is 4.39 Å². The molecule has 1 amide bonds. The molecule has 1 aromatic rings. The fourth-order valence-electron chi connectivity index (χ4n) is 1.60. The van der Waals surface area contributed by atoms with Crippen LogP contribution in [-0.2, 0) is 4.79 Å². The maximum atomic E-state index is 13.8. The molecule has 0 saturated heterocycles. The Morgan fingerprint density at radius 3 is 2.50 bits per heavy atom. The maximum absolute atomic E-state index is 13.8. The number of aryl methyl sites for hydroxylation is 1. The van der Waals surface area contributed by atoms with Crippen molar-refractivity contribution >= 4 is 11.9 Å². The van der Waals surface area contributed by atoms with Gasteiger partial charge in [0.1, 0.15) is 12.4 Å². The van der Waals surface area contributed by atoms with E-state index in [9.17, 15) is 14.0 Å². The van der Waals surface area contributed by atoms with Crippen molar-refractivity contribution in [3.05, 3.63) is 35.1 Å². The van der Waals surface area contributed by atoms with Gasteiger partial charge in [0.2, 0.25) is 0 Å². The van der Waals surface area contributed by atoms with Gasteiger partial charge in [-0.3, -0.25) is 9.59 Å². The summed E-state index contributed by atoms with van der Waals surface area (Å²) in [6.45, 7) is 4.50. The lowest BCUT2D eigenvalue weighted by molar-refractivity contribution is -0.138. The third-order valence-electron chi connectivity index (χ3n) is 2.61. The van der Waals surface area contributed by atoms with Crippen LogP contribution in [0.1, 0.15) is 29.8 Å². The highest BCUT2D eigenvalue weighted by Gasteiger charge is 2.24. The Balaban J connectivity index is 3.10. The Hall–Kier alpha value is -1.91. The number of carbonyl (C=O) groups is 2. The predicted molar refractivity (Wildman–Crippen MR) is 64.9 cm³/mol. The first-order valence-corrected chi connectivity index (χ1v) is 5.62. The van der Waals surface area contributed by atoms with Gasteiger partial charge in [-0.05, 0) is 32.4 Å². The third kappa shape index (κ3) is 3.06. The lowest BCUT2D eigenvalue weighted by Crippen LogP contribution is -2.41. The molecule has 0 atom stereocenters. The number of amides is 1. The Labute approximate surface area is 105 Å². The second-order valence-corrected chi connectivity index (χ2v) is 4.36. The van der Waals surface area contributed by atoms with Gasteiger partial charge in [-0.2, -0.15) is 0 Å². The Kier molecular flexibility index (Phi) is 4.42. The first-order chi connectivity index (χ1) is 8.34. The van der Waals surface area contributed by atoms with Crippen LogP contribution in [-0.4, -0.2) is 34.5 Å². The number of carboxylic acids is 1. The van der Waals surface area contributed by atoms with Crippen LogP contribution in [0.5, 0.6) is 0 Å². The molecule has 5 heteroatoms. The molecule has 1 rings (SSSR count). The fraction of sp³-hybridized carbons (Fsp3) is 0.385. The molecule has 0 aliphatic rings. The van der Waals surface area contributed by atoms with Gasteiger partial charge in [-0.15, -0.1) is 0 Å². The summed E-state index contributed by atoms with van der Waals surface area (Å²) >= 11 is 0. The summed E-state index contributed by atoms with van der Waals surface area (Å²) in [7, 11) is 0. The monoisotopic (exact) mass is 253 g/mol. The average Bonchev–Trinajstić information content (AvgIpc) is 2.28. The van der Waals surface area contributed by atoms with Gasteiger partial charge in [0.25, 0.3) is 5.91 Å². The van der Waals surface area contributed by atoms with E-state index in [0.717, 1.165) is 4.90 Å². The number of hydrogen-bond acceptors (Lipinski definition) is 2. The SMILES string of the molecule is Cc1cccc(C(=O)N(CC(=O)O)C(C)C)c1F. The van der Waals surface area contributed by atoms with Crippen molar-refractivity contribution in [1.29, 1.82) is 0 Å². The van der Waals surface area contributed by atoms with Gasteiger partial charge >= 0.3 is 5.97 Å². The number of nitrogens with zero attached hydrogens (tertiary/aromatic N) is 1. The molecule has 0 unspecified atom stereocenters. The van der Waals surface area contributed by atoms with Gasteiger partial charge in [0.15, 0.2) is 0 Å². The molecule has 0 saturated carbocycles. The molecule has 4 nitrogen and oxygen atoms in total. The molecule has 18 heavy (non-hydrogen) atoms. The number of carboxylic acid groups (broad SMARTS) is 1. The van der Waals surface area contributed by atoms with Crippen LogP contribution in [0.3, 0.4) is 0 Å². The molecule has 0 aliphatic carbocycles. The minimum Gasteiger partial charge on any atom is -0.480 e. The summed E-state index contributed by atoms with van der Waals surface area (Å²) in [6.07, 6.45) is 0. The van der Waals surface area contributed by atoms with Crippen molar-refractivity contribution in [3.8, 4) is 0 Å². The standard InChI is InChI=1S/C13H16FNO3/c1-8(2)15(7-11(16)17)13(18)10-6-4-5-9(3)12(10)14/h4-6,8H,7H2,1-3H3,(H,16,17). The zero-order chi connectivity index (χ0) is 13.9. The molecular formula is C13H16FNO3.